The first-order valence-electron chi connectivity index (χ1n) is 6.15. The molecule has 104 valence electrons. The van der Waals surface area contributed by atoms with Gasteiger partial charge in [-0.15, -0.1) is 0 Å². The number of amides is 1. The average molecular weight is 392 g/mol. The summed E-state index contributed by atoms with van der Waals surface area (Å²) in [4.78, 5) is 13.6. The van der Waals surface area contributed by atoms with E-state index >= 15 is 0 Å². The van der Waals surface area contributed by atoms with Crippen LogP contribution in [-0.4, -0.2) is 37.2 Å². The molecule has 1 amide bonds. The number of hydrogen-bond donors (Lipinski definition) is 1. The van der Waals surface area contributed by atoms with Gasteiger partial charge in [0.05, 0.1) is 0 Å². The van der Waals surface area contributed by atoms with Crippen molar-refractivity contribution in [3.8, 4) is 0 Å². The first kappa shape index (κ1) is 14.8. The van der Waals surface area contributed by atoms with E-state index < -0.39 is 0 Å². The van der Waals surface area contributed by atoms with Gasteiger partial charge in [-0.3, -0.25) is 0 Å². The molecule has 0 spiro atoms. The number of carbonyl (C=O) groups excluding carboxylic acids is 1. The molecule has 2 rings (SSSR count). The maximum atomic E-state index is 11.9. The number of benzene rings is 1. The SMILES string of the molecule is Cc1c(Br)cc(COC(=O)N2CCNCC2)cc1Br. The molecule has 4 nitrogen and oxygen atoms in total. The van der Waals surface area contributed by atoms with Gasteiger partial charge in [0, 0.05) is 35.1 Å². The average Bonchev–Trinajstić information content (AvgIpc) is 2.43. The lowest BCUT2D eigenvalue weighted by molar-refractivity contribution is 0.0918. The van der Waals surface area contributed by atoms with E-state index in [0.29, 0.717) is 19.7 Å². The number of nitrogens with zero attached hydrogens (tertiary/aromatic N) is 1. The molecule has 6 heteroatoms. The molecule has 1 saturated heterocycles. The highest BCUT2D eigenvalue weighted by Gasteiger charge is 2.17. The number of ether oxygens (including phenoxy) is 1. The lowest BCUT2D eigenvalue weighted by Gasteiger charge is -2.26. The summed E-state index contributed by atoms with van der Waals surface area (Å²) in [7, 11) is 0. The Bertz CT molecular complexity index is 451. The molecule has 1 fully saturated rings. The second kappa shape index (κ2) is 6.72. The van der Waals surface area contributed by atoms with E-state index in [1.165, 1.54) is 0 Å². The van der Waals surface area contributed by atoms with Crippen molar-refractivity contribution in [3.05, 3.63) is 32.2 Å². The molecule has 0 aliphatic carbocycles. The van der Waals surface area contributed by atoms with Crippen LogP contribution in [0.25, 0.3) is 0 Å². The number of piperazine rings is 1. The number of carbonyl (C=O) groups is 1. The summed E-state index contributed by atoms with van der Waals surface area (Å²) < 4.78 is 7.35. The second-order valence-electron chi connectivity index (χ2n) is 4.48. The van der Waals surface area contributed by atoms with Crippen LogP contribution in [-0.2, 0) is 11.3 Å². The van der Waals surface area contributed by atoms with Crippen molar-refractivity contribution in [3.63, 3.8) is 0 Å². The number of nitrogens with one attached hydrogen (secondary N) is 1. The van der Waals surface area contributed by atoms with Crippen LogP contribution in [0.5, 0.6) is 0 Å². The minimum absolute atomic E-state index is 0.241. The van der Waals surface area contributed by atoms with Gasteiger partial charge in [0.25, 0.3) is 0 Å². The fourth-order valence-corrected chi connectivity index (χ4v) is 3.15. The van der Waals surface area contributed by atoms with Crippen molar-refractivity contribution in [2.45, 2.75) is 13.5 Å². The van der Waals surface area contributed by atoms with Crippen LogP contribution < -0.4 is 5.32 Å². The molecule has 0 aromatic heterocycles. The molecule has 1 N–H and O–H groups in total. The zero-order valence-corrected chi connectivity index (χ0v) is 13.9. The van der Waals surface area contributed by atoms with Crippen molar-refractivity contribution < 1.29 is 9.53 Å². The summed E-state index contributed by atoms with van der Waals surface area (Å²) in [6, 6.07) is 3.95. The van der Waals surface area contributed by atoms with E-state index in [1.54, 1.807) is 4.90 Å². The van der Waals surface area contributed by atoms with Crippen molar-refractivity contribution in [1.29, 1.82) is 0 Å². The highest BCUT2D eigenvalue weighted by atomic mass is 79.9. The van der Waals surface area contributed by atoms with E-state index in [1.807, 2.05) is 19.1 Å². The molecule has 0 bridgehead atoms. The van der Waals surface area contributed by atoms with Crippen LogP contribution in [0.2, 0.25) is 0 Å². The topological polar surface area (TPSA) is 41.6 Å². The van der Waals surface area contributed by atoms with E-state index in [2.05, 4.69) is 37.2 Å². The summed E-state index contributed by atoms with van der Waals surface area (Å²) in [5.41, 5.74) is 2.10. The first-order chi connectivity index (χ1) is 9.08. The molecule has 0 atom stereocenters. The van der Waals surface area contributed by atoms with Gasteiger partial charge in [0.15, 0.2) is 0 Å². The molecule has 1 aromatic carbocycles. The van der Waals surface area contributed by atoms with Crippen molar-refractivity contribution >= 4 is 38.0 Å². The van der Waals surface area contributed by atoms with Gasteiger partial charge in [0.2, 0.25) is 0 Å². The molecule has 1 aromatic rings. The van der Waals surface area contributed by atoms with Gasteiger partial charge in [-0.05, 0) is 30.2 Å². The number of rotatable bonds is 2. The highest BCUT2D eigenvalue weighted by Crippen LogP contribution is 2.26. The molecule has 1 heterocycles. The van der Waals surface area contributed by atoms with Gasteiger partial charge in [-0.1, -0.05) is 31.9 Å². The minimum Gasteiger partial charge on any atom is -0.445 e. The Balaban J connectivity index is 1.93. The molecular weight excluding hydrogens is 376 g/mol. The number of halogens is 2. The van der Waals surface area contributed by atoms with Crippen molar-refractivity contribution in [2.24, 2.45) is 0 Å². The summed E-state index contributed by atoms with van der Waals surface area (Å²) in [5.74, 6) is 0. The Kier molecular flexibility index (Phi) is 5.24. The van der Waals surface area contributed by atoms with Gasteiger partial charge in [0.1, 0.15) is 6.61 Å². The lowest BCUT2D eigenvalue weighted by Crippen LogP contribution is -2.46. The van der Waals surface area contributed by atoms with Gasteiger partial charge >= 0.3 is 6.09 Å². The van der Waals surface area contributed by atoms with E-state index in [4.69, 9.17) is 4.74 Å². The summed E-state index contributed by atoms with van der Waals surface area (Å²) in [6.45, 7) is 5.39. The summed E-state index contributed by atoms with van der Waals surface area (Å²) >= 11 is 6.98. The number of hydrogen-bond acceptors (Lipinski definition) is 3. The molecule has 1 aliphatic rings. The van der Waals surface area contributed by atoms with Crippen LogP contribution >= 0.6 is 31.9 Å². The van der Waals surface area contributed by atoms with Crippen LogP contribution in [0.1, 0.15) is 11.1 Å². The zero-order chi connectivity index (χ0) is 13.8. The third-order valence-corrected chi connectivity index (χ3v) is 4.73. The molecule has 0 saturated carbocycles. The lowest BCUT2D eigenvalue weighted by atomic mass is 10.2. The zero-order valence-electron chi connectivity index (χ0n) is 10.7. The molecule has 1 aliphatic heterocycles. The first-order valence-corrected chi connectivity index (χ1v) is 7.73. The van der Waals surface area contributed by atoms with E-state index in [-0.39, 0.29) is 6.09 Å². The smallest absolute Gasteiger partial charge is 0.410 e. The second-order valence-corrected chi connectivity index (χ2v) is 6.18. The maximum Gasteiger partial charge on any atom is 0.410 e. The Morgan fingerprint density at radius 2 is 1.89 bits per heavy atom. The Morgan fingerprint density at radius 1 is 1.32 bits per heavy atom. The Morgan fingerprint density at radius 3 is 2.47 bits per heavy atom. The van der Waals surface area contributed by atoms with Gasteiger partial charge < -0.3 is 15.0 Å². The molecule has 0 radical (unpaired) electrons. The molecular formula is C13H16Br2N2O2. The summed E-state index contributed by atoms with van der Waals surface area (Å²) in [5, 5.41) is 3.20. The predicted octanol–water partition coefficient (Wildman–Crippen LogP) is 3.06. The standard InChI is InChI=1S/C13H16Br2N2O2/c1-9-11(14)6-10(7-12(9)15)8-19-13(18)17-4-2-16-3-5-17/h6-7,16H,2-5,8H2,1H3. The van der Waals surface area contributed by atoms with E-state index in [9.17, 15) is 4.79 Å². The summed E-state index contributed by atoms with van der Waals surface area (Å²) in [6.07, 6.45) is -0.241. The van der Waals surface area contributed by atoms with Gasteiger partial charge in [-0.2, -0.15) is 0 Å². The third kappa shape index (κ3) is 3.94. The normalized spacial score (nSPS) is 15.4. The van der Waals surface area contributed by atoms with Crippen LogP contribution in [0.15, 0.2) is 21.1 Å². The van der Waals surface area contributed by atoms with Crippen LogP contribution in [0.4, 0.5) is 4.79 Å². The van der Waals surface area contributed by atoms with E-state index in [0.717, 1.165) is 33.2 Å². The minimum atomic E-state index is -0.241. The fourth-order valence-electron chi connectivity index (χ4n) is 1.86. The fraction of sp³-hybridized carbons (Fsp3) is 0.462. The predicted molar refractivity (Wildman–Crippen MR) is 81.2 cm³/mol. The quantitative estimate of drug-likeness (QED) is 0.842. The molecule has 19 heavy (non-hydrogen) atoms. The van der Waals surface area contributed by atoms with Gasteiger partial charge in [-0.25, -0.2) is 4.79 Å². The van der Waals surface area contributed by atoms with Crippen LogP contribution in [0, 0.1) is 6.92 Å². The van der Waals surface area contributed by atoms with Crippen molar-refractivity contribution in [2.75, 3.05) is 26.2 Å². The van der Waals surface area contributed by atoms with Crippen molar-refractivity contribution in [1.82, 2.24) is 10.2 Å². The maximum absolute atomic E-state index is 11.9. The largest absolute Gasteiger partial charge is 0.445 e. The highest BCUT2D eigenvalue weighted by molar-refractivity contribution is 9.11. The monoisotopic (exact) mass is 390 g/mol. The Hall–Kier alpha value is -0.590. The van der Waals surface area contributed by atoms with Crippen LogP contribution in [0.3, 0.4) is 0 Å². The Labute approximate surface area is 129 Å². The third-order valence-electron chi connectivity index (χ3n) is 3.08. The molecule has 0 unspecified atom stereocenters.